The van der Waals surface area contributed by atoms with Gasteiger partial charge in [0.25, 0.3) is 0 Å². The van der Waals surface area contributed by atoms with Crippen molar-refractivity contribution in [1.82, 2.24) is 4.90 Å². The van der Waals surface area contributed by atoms with Crippen LogP contribution in [0.4, 0.5) is 0 Å². The summed E-state index contributed by atoms with van der Waals surface area (Å²) in [7, 11) is 0. The molecular weight excluding hydrogens is 198 g/mol. The second kappa shape index (κ2) is 6.61. The third-order valence-corrected chi connectivity index (χ3v) is 4.08. The highest BCUT2D eigenvalue weighted by Gasteiger charge is 2.34. The molecule has 0 bridgehead atoms. The van der Waals surface area contributed by atoms with Crippen LogP contribution >= 0.6 is 0 Å². The van der Waals surface area contributed by atoms with Crippen molar-refractivity contribution >= 4 is 0 Å². The molecule has 3 unspecified atom stereocenters. The van der Waals surface area contributed by atoms with Crippen molar-refractivity contribution in [2.24, 2.45) is 11.8 Å². The number of hydrogen-bond donors (Lipinski definition) is 1. The van der Waals surface area contributed by atoms with Crippen LogP contribution < -0.4 is 0 Å². The van der Waals surface area contributed by atoms with Gasteiger partial charge in [-0.25, -0.2) is 0 Å². The fourth-order valence-corrected chi connectivity index (χ4v) is 3.19. The van der Waals surface area contributed by atoms with Crippen molar-refractivity contribution in [3.05, 3.63) is 0 Å². The molecule has 96 valence electrons. The minimum atomic E-state index is -0.0640. The van der Waals surface area contributed by atoms with Crippen molar-refractivity contribution in [2.45, 2.75) is 65.5 Å². The Hall–Kier alpha value is -0.0800. The first-order valence-electron chi connectivity index (χ1n) is 7.02. The van der Waals surface area contributed by atoms with Gasteiger partial charge in [0.2, 0.25) is 0 Å². The minimum Gasteiger partial charge on any atom is -0.393 e. The van der Waals surface area contributed by atoms with Gasteiger partial charge < -0.3 is 10.0 Å². The second-order valence-corrected chi connectivity index (χ2v) is 5.57. The average molecular weight is 227 g/mol. The maximum Gasteiger partial charge on any atom is 0.0555 e. The summed E-state index contributed by atoms with van der Waals surface area (Å²) < 4.78 is 0. The molecule has 0 radical (unpaired) electrons. The predicted molar refractivity (Wildman–Crippen MR) is 69.5 cm³/mol. The molecule has 16 heavy (non-hydrogen) atoms. The van der Waals surface area contributed by atoms with Gasteiger partial charge in [-0.15, -0.1) is 0 Å². The maximum absolute atomic E-state index is 9.87. The zero-order valence-electron chi connectivity index (χ0n) is 11.4. The normalized spacial score (nSPS) is 31.3. The monoisotopic (exact) mass is 227 g/mol. The standard InChI is InChI=1S/C14H29NO/c1-5-9-15(6-2)14-10-12(16)7-8-13(14)11(3)4/h11-14,16H,5-10H2,1-4H3. The maximum atomic E-state index is 9.87. The summed E-state index contributed by atoms with van der Waals surface area (Å²) in [5.74, 6) is 1.51. The largest absolute Gasteiger partial charge is 0.393 e. The molecule has 0 aromatic heterocycles. The molecule has 2 heteroatoms. The molecule has 1 rings (SSSR count). The fraction of sp³-hybridized carbons (Fsp3) is 1.00. The molecule has 0 aliphatic heterocycles. The van der Waals surface area contributed by atoms with Crippen LogP contribution in [0.25, 0.3) is 0 Å². The molecule has 0 aromatic rings. The fourth-order valence-electron chi connectivity index (χ4n) is 3.19. The van der Waals surface area contributed by atoms with Gasteiger partial charge >= 0.3 is 0 Å². The third-order valence-electron chi connectivity index (χ3n) is 4.08. The molecular formula is C14H29NO. The summed E-state index contributed by atoms with van der Waals surface area (Å²) in [6, 6.07) is 0.605. The summed E-state index contributed by atoms with van der Waals surface area (Å²) in [5, 5.41) is 9.87. The van der Waals surface area contributed by atoms with E-state index in [4.69, 9.17) is 0 Å². The first-order chi connectivity index (χ1) is 7.60. The van der Waals surface area contributed by atoms with Gasteiger partial charge in [0.15, 0.2) is 0 Å². The van der Waals surface area contributed by atoms with Crippen molar-refractivity contribution in [2.75, 3.05) is 13.1 Å². The lowest BCUT2D eigenvalue weighted by atomic mass is 9.76. The van der Waals surface area contributed by atoms with Crippen molar-refractivity contribution < 1.29 is 5.11 Å². The van der Waals surface area contributed by atoms with E-state index in [1.165, 1.54) is 19.4 Å². The van der Waals surface area contributed by atoms with Gasteiger partial charge in [-0.2, -0.15) is 0 Å². The van der Waals surface area contributed by atoms with Gasteiger partial charge in [0, 0.05) is 6.04 Å². The Morgan fingerprint density at radius 2 is 1.94 bits per heavy atom. The van der Waals surface area contributed by atoms with Crippen molar-refractivity contribution in [3.63, 3.8) is 0 Å². The van der Waals surface area contributed by atoms with Gasteiger partial charge in [-0.1, -0.05) is 27.7 Å². The molecule has 0 saturated heterocycles. The van der Waals surface area contributed by atoms with Crippen LogP contribution in [0.3, 0.4) is 0 Å². The Bertz CT molecular complexity index is 193. The number of aliphatic hydroxyl groups is 1. The number of rotatable bonds is 5. The van der Waals surface area contributed by atoms with Gasteiger partial charge in [0.1, 0.15) is 0 Å². The van der Waals surface area contributed by atoms with E-state index in [9.17, 15) is 5.11 Å². The summed E-state index contributed by atoms with van der Waals surface area (Å²) in [6.07, 6.45) is 4.33. The van der Waals surface area contributed by atoms with Crippen molar-refractivity contribution in [3.8, 4) is 0 Å². The molecule has 1 aliphatic carbocycles. The lowest BCUT2D eigenvalue weighted by molar-refractivity contribution is 0.0137. The lowest BCUT2D eigenvalue weighted by Crippen LogP contribution is -2.47. The van der Waals surface area contributed by atoms with Crippen LogP contribution in [-0.2, 0) is 0 Å². The molecule has 2 nitrogen and oxygen atoms in total. The van der Waals surface area contributed by atoms with E-state index in [-0.39, 0.29) is 6.10 Å². The summed E-state index contributed by atoms with van der Waals surface area (Å²) in [5.41, 5.74) is 0. The number of aliphatic hydroxyl groups excluding tert-OH is 1. The summed E-state index contributed by atoms with van der Waals surface area (Å²) in [4.78, 5) is 2.58. The highest BCUT2D eigenvalue weighted by Crippen LogP contribution is 2.33. The van der Waals surface area contributed by atoms with E-state index < -0.39 is 0 Å². The van der Waals surface area contributed by atoms with Crippen LogP contribution in [0.15, 0.2) is 0 Å². The summed E-state index contributed by atoms with van der Waals surface area (Å²) >= 11 is 0. The van der Waals surface area contributed by atoms with Crippen molar-refractivity contribution in [1.29, 1.82) is 0 Å². The topological polar surface area (TPSA) is 23.5 Å². The first kappa shape index (κ1) is 14.0. The molecule has 0 aromatic carbocycles. The molecule has 1 aliphatic rings. The Morgan fingerprint density at radius 3 is 2.44 bits per heavy atom. The van der Waals surface area contributed by atoms with Crippen LogP contribution in [0.5, 0.6) is 0 Å². The van der Waals surface area contributed by atoms with Gasteiger partial charge in [-0.3, -0.25) is 0 Å². The highest BCUT2D eigenvalue weighted by atomic mass is 16.3. The highest BCUT2D eigenvalue weighted by molar-refractivity contribution is 4.88. The smallest absolute Gasteiger partial charge is 0.0555 e. The Labute approximate surface area is 101 Å². The Morgan fingerprint density at radius 1 is 1.25 bits per heavy atom. The summed E-state index contributed by atoms with van der Waals surface area (Å²) in [6.45, 7) is 11.4. The zero-order chi connectivity index (χ0) is 12.1. The second-order valence-electron chi connectivity index (χ2n) is 5.57. The quantitative estimate of drug-likeness (QED) is 0.780. The van der Waals surface area contributed by atoms with E-state index in [1.54, 1.807) is 0 Å². The van der Waals surface area contributed by atoms with Crippen LogP contribution in [0.1, 0.15) is 53.4 Å². The van der Waals surface area contributed by atoms with Gasteiger partial charge in [0.05, 0.1) is 6.10 Å². The zero-order valence-corrected chi connectivity index (χ0v) is 11.4. The van der Waals surface area contributed by atoms with E-state index in [0.29, 0.717) is 6.04 Å². The van der Waals surface area contributed by atoms with Crippen LogP contribution in [0, 0.1) is 11.8 Å². The molecule has 0 spiro atoms. The van der Waals surface area contributed by atoms with E-state index in [0.717, 1.165) is 31.2 Å². The molecule has 0 amide bonds. The van der Waals surface area contributed by atoms with E-state index in [1.807, 2.05) is 0 Å². The van der Waals surface area contributed by atoms with Crippen LogP contribution in [-0.4, -0.2) is 35.2 Å². The molecule has 1 fully saturated rings. The Kier molecular flexibility index (Phi) is 5.77. The first-order valence-corrected chi connectivity index (χ1v) is 7.02. The SMILES string of the molecule is CCCN(CC)C1CC(O)CCC1C(C)C. The molecule has 1 saturated carbocycles. The lowest BCUT2D eigenvalue weighted by Gasteiger charge is -2.43. The molecule has 3 atom stereocenters. The van der Waals surface area contributed by atoms with E-state index in [2.05, 4.69) is 32.6 Å². The van der Waals surface area contributed by atoms with Gasteiger partial charge in [-0.05, 0) is 50.6 Å². The predicted octanol–water partition coefficient (Wildman–Crippen LogP) is 2.90. The number of hydrogen-bond acceptors (Lipinski definition) is 2. The Balaban J connectivity index is 2.68. The molecule has 0 heterocycles. The average Bonchev–Trinajstić information content (AvgIpc) is 2.25. The number of nitrogens with zero attached hydrogens (tertiary/aromatic N) is 1. The van der Waals surface area contributed by atoms with Crippen LogP contribution in [0.2, 0.25) is 0 Å². The minimum absolute atomic E-state index is 0.0640. The molecule has 1 N–H and O–H groups in total. The third kappa shape index (κ3) is 3.46. The van der Waals surface area contributed by atoms with E-state index >= 15 is 0 Å².